The van der Waals surface area contributed by atoms with Crippen molar-refractivity contribution in [3.8, 4) is 5.75 Å². The highest BCUT2D eigenvalue weighted by atomic mass is 19.1. The summed E-state index contributed by atoms with van der Waals surface area (Å²) in [7, 11) is 1.53. The van der Waals surface area contributed by atoms with Crippen molar-refractivity contribution in [2.24, 2.45) is 0 Å². The lowest BCUT2D eigenvalue weighted by atomic mass is 10.0. The van der Waals surface area contributed by atoms with Crippen molar-refractivity contribution in [3.05, 3.63) is 29.1 Å². The van der Waals surface area contributed by atoms with E-state index in [4.69, 9.17) is 4.74 Å². The van der Waals surface area contributed by atoms with Crippen molar-refractivity contribution < 1.29 is 9.13 Å². The molecule has 1 fully saturated rings. The summed E-state index contributed by atoms with van der Waals surface area (Å²) in [6.45, 7) is 2.98. The van der Waals surface area contributed by atoms with E-state index in [9.17, 15) is 4.39 Å². The van der Waals surface area contributed by atoms with Crippen LogP contribution in [-0.4, -0.2) is 19.7 Å². The number of ether oxygens (including phenoxy) is 1. The van der Waals surface area contributed by atoms with Gasteiger partial charge in [0.2, 0.25) is 0 Å². The first kappa shape index (κ1) is 11.4. The van der Waals surface area contributed by atoms with Gasteiger partial charge in [-0.25, -0.2) is 4.39 Å². The Hall–Kier alpha value is -1.09. The number of benzene rings is 1. The Morgan fingerprint density at radius 3 is 2.94 bits per heavy atom. The van der Waals surface area contributed by atoms with Crippen LogP contribution >= 0.6 is 0 Å². The van der Waals surface area contributed by atoms with E-state index in [0.717, 1.165) is 24.1 Å². The zero-order valence-electron chi connectivity index (χ0n) is 9.85. The second kappa shape index (κ2) is 4.83. The molecule has 3 heteroatoms. The second-order valence-electron chi connectivity index (χ2n) is 4.44. The molecule has 0 aliphatic carbocycles. The predicted octanol–water partition coefficient (Wildman–Crippen LogP) is 2.44. The first-order chi connectivity index (χ1) is 7.70. The fourth-order valence-corrected chi connectivity index (χ4v) is 2.38. The number of halogens is 1. The summed E-state index contributed by atoms with van der Waals surface area (Å²) in [5.41, 5.74) is 1.92. The molecule has 1 saturated heterocycles. The Labute approximate surface area is 95.8 Å². The average Bonchev–Trinajstić information content (AvgIpc) is 2.70. The summed E-state index contributed by atoms with van der Waals surface area (Å²) in [4.78, 5) is 0. The zero-order valence-corrected chi connectivity index (χ0v) is 9.85. The van der Waals surface area contributed by atoms with Gasteiger partial charge in [0.15, 0.2) is 11.6 Å². The minimum Gasteiger partial charge on any atom is -0.493 e. The lowest BCUT2D eigenvalue weighted by molar-refractivity contribution is 0.379. The van der Waals surface area contributed by atoms with Crippen LogP contribution < -0.4 is 10.1 Å². The summed E-state index contributed by atoms with van der Waals surface area (Å²) in [5, 5.41) is 3.42. The van der Waals surface area contributed by atoms with Crippen LogP contribution in [0.2, 0.25) is 0 Å². The molecule has 1 unspecified atom stereocenters. The van der Waals surface area contributed by atoms with Crippen LogP contribution in [0.25, 0.3) is 0 Å². The Morgan fingerprint density at radius 2 is 2.31 bits per heavy atom. The lowest BCUT2D eigenvalue weighted by Gasteiger charge is -2.14. The van der Waals surface area contributed by atoms with Crippen molar-refractivity contribution in [2.45, 2.75) is 32.2 Å². The van der Waals surface area contributed by atoms with Gasteiger partial charge in [-0.15, -0.1) is 0 Å². The molecule has 0 saturated carbocycles. The highest BCUT2D eigenvalue weighted by Crippen LogP contribution is 2.26. The van der Waals surface area contributed by atoms with Crippen LogP contribution in [0, 0.1) is 12.7 Å². The third kappa shape index (κ3) is 2.35. The van der Waals surface area contributed by atoms with E-state index in [0.29, 0.717) is 11.8 Å². The van der Waals surface area contributed by atoms with Crippen molar-refractivity contribution in [1.29, 1.82) is 0 Å². The number of methoxy groups -OCH3 is 1. The molecule has 0 amide bonds. The molecule has 16 heavy (non-hydrogen) atoms. The van der Waals surface area contributed by atoms with Gasteiger partial charge >= 0.3 is 0 Å². The number of rotatable bonds is 3. The Morgan fingerprint density at radius 1 is 1.50 bits per heavy atom. The molecule has 1 aliphatic heterocycles. The molecule has 1 aromatic carbocycles. The second-order valence-corrected chi connectivity index (χ2v) is 4.44. The number of aryl methyl sites for hydroxylation is 1. The third-order valence-corrected chi connectivity index (χ3v) is 3.10. The van der Waals surface area contributed by atoms with Gasteiger partial charge in [0.05, 0.1) is 7.11 Å². The lowest BCUT2D eigenvalue weighted by Crippen LogP contribution is -2.24. The van der Waals surface area contributed by atoms with Gasteiger partial charge in [0.1, 0.15) is 0 Å². The van der Waals surface area contributed by atoms with Crippen LogP contribution in [0.3, 0.4) is 0 Å². The maximum absolute atomic E-state index is 13.6. The van der Waals surface area contributed by atoms with Crippen LogP contribution in [0.1, 0.15) is 24.0 Å². The van der Waals surface area contributed by atoms with Crippen LogP contribution in [0.15, 0.2) is 12.1 Å². The molecular weight excluding hydrogens is 205 g/mol. The highest BCUT2D eigenvalue weighted by Gasteiger charge is 2.18. The fourth-order valence-electron chi connectivity index (χ4n) is 2.38. The topological polar surface area (TPSA) is 21.3 Å². The molecule has 0 aromatic heterocycles. The van der Waals surface area contributed by atoms with E-state index in [1.807, 2.05) is 13.0 Å². The molecule has 0 spiro atoms. The molecular formula is C13H18FNO. The van der Waals surface area contributed by atoms with Crippen LogP contribution in [0.5, 0.6) is 5.75 Å². The van der Waals surface area contributed by atoms with Crippen molar-refractivity contribution in [2.75, 3.05) is 13.7 Å². The summed E-state index contributed by atoms with van der Waals surface area (Å²) in [6, 6.07) is 4.00. The van der Waals surface area contributed by atoms with Crippen LogP contribution in [0.4, 0.5) is 4.39 Å². The average molecular weight is 223 g/mol. The van der Waals surface area contributed by atoms with Gasteiger partial charge in [-0.3, -0.25) is 0 Å². The minimum absolute atomic E-state index is 0.254. The Bertz CT molecular complexity index is 372. The number of hydrogen-bond donors (Lipinski definition) is 1. The molecule has 2 nitrogen and oxygen atoms in total. The molecule has 1 atom stereocenters. The van der Waals surface area contributed by atoms with Gasteiger partial charge in [-0.1, -0.05) is 6.07 Å². The van der Waals surface area contributed by atoms with Gasteiger partial charge in [-0.05, 0) is 49.9 Å². The van der Waals surface area contributed by atoms with E-state index in [1.54, 1.807) is 0 Å². The zero-order chi connectivity index (χ0) is 11.5. The van der Waals surface area contributed by atoms with Gasteiger partial charge in [0.25, 0.3) is 0 Å². The largest absolute Gasteiger partial charge is 0.493 e. The third-order valence-electron chi connectivity index (χ3n) is 3.10. The summed E-state index contributed by atoms with van der Waals surface area (Å²) in [5.74, 6) is 0.148. The maximum atomic E-state index is 13.6. The molecule has 0 bridgehead atoms. The summed E-state index contributed by atoms with van der Waals surface area (Å²) < 4.78 is 18.8. The van der Waals surface area contributed by atoms with Gasteiger partial charge < -0.3 is 10.1 Å². The normalized spacial score (nSPS) is 20.1. The minimum atomic E-state index is -0.254. The van der Waals surface area contributed by atoms with E-state index in [2.05, 4.69) is 5.32 Å². The SMILES string of the molecule is COc1c(F)cc(C)cc1CC1CCCN1. The van der Waals surface area contributed by atoms with E-state index < -0.39 is 0 Å². The number of nitrogens with one attached hydrogen (secondary N) is 1. The highest BCUT2D eigenvalue weighted by molar-refractivity contribution is 5.39. The van der Waals surface area contributed by atoms with E-state index in [1.165, 1.54) is 26.0 Å². The standard InChI is InChI=1S/C13H18FNO/c1-9-6-10(8-11-4-3-5-15-11)13(16-2)12(14)7-9/h6-7,11,15H,3-5,8H2,1-2H3. The van der Waals surface area contributed by atoms with Crippen molar-refractivity contribution in [3.63, 3.8) is 0 Å². The Kier molecular flexibility index (Phi) is 3.44. The number of hydrogen-bond acceptors (Lipinski definition) is 2. The first-order valence-electron chi connectivity index (χ1n) is 5.77. The quantitative estimate of drug-likeness (QED) is 0.849. The molecule has 1 heterocycles. The van der Waals surface area contributed by atoms with Crippen LogP contribution in [-0.2, 0) is 6.42 Å². The van der Waals surface area contributed by atoms with Gasteiger partial charge in [-0.2, -0.15) is 0 Å². The molecule has 88 valence electrons. The van der Waals surface area contributed by atoms with Crippen molar-refractivity contribution in [1.82, 2.24) is 5.32 Å². The smallest absolute Gasteiger partial charge is 0.165 e. The monoisotopic (exact) mass is 223 g/mol. The molecule has 1 aliphatic rings. The van der Waals surface area contributed by atoms with Gasteiger partial charge in [0, 0.05) is 6.04 Å². The maximum Gasteiger partial charge on any atom is 0.165 e. The Balaban J connectivity index is 2.23. The molecule has 1 N–H and O–H groups in total. The molecule has 1 aromatic rings. The predicted molar refractivity (Wildman–Crippen MR) is 62.4 cm³/mol. The first-order valence-corrected chi connectivity index (χ1v) is 5.77. The summed E-state index contributed by atoms with van der Waals surface area (Å²) >= 11 is 0. The van der Waals surface area contributed by atoms with Crippen molar-refractivity contribution >= 4 is 0 Å². The molecule has 2 rings (SSSR count). The van der Waals surface area contributed by atoms with E-state index in [-0.39, 0.29) is 5.82 Å². The summed E-state index contributed by atoms with van der Waals surface area (Å²) in [6.07, 6.45) is 3.22. The fraction of sp³-hybridized carbons (Fsp3) is 0.538. The molecule has 0 radical (unpaired) electrons. The van der Waals surface area contributed by atoms with E-state index >= 15 is 0 Å².